The summed E-state index contributed by atoms with van der Waals surface area (Å²) in [5.74, 6) is 0.699. The number of furan rings is 1. The van der Waals surface area contributed by atoms with Crippen molar-refractivity contribution in [3.63, 3.8) is 0 Å². The van der Waals surface area contributed by atoms with Crippen LogP contribution in [-0.2, 0) is 6.42 Å². The van der Waals surface area contributed by atoms with E-state index in [1.807, 2.05) is 36.4 Å². The zero-order valence-corrected chi connectivity index (χ0v) is 14.1. The molecule has 1 amide bonds. The topological polar surface area (TPSA) is 62.5 Å². The molecule has 3 aromatic rings. The minimum Gasteiger partial charge on any atom is -0.465 e. The molecule has 0 aliphatic rings. The first-order chi connectivity index (χ1) is 12.1. The van der Waals surface area contributed by atoms with E-state index in [0.717, 1.165) is 9.79 Å². The molecule has 1 aromatic heterocycles. The molecule has 3 rings (SSSR count). The number of nitrogens with one attached hydrogen (secondary N) is 1. The Kier molecular flexibility index (Phi) is 5.40. The predicted molar refractivity (Wildman–Crippen MR) is 94.4 cm³/mol. The van der Waals surface area contributed by atoms with Crippen molar-refractivity contribution in [3.8, 4) is 11.3 Å². The largest absolute Gasteiger partial charge is 0.465 e. The predicted octanol–water partition coefficient (Wildman–Crippen LogP) is 5.05. The number of benzene rings is 2. The minimum atomic E-state index is -1.08. The summed E-state index contributed by atoms with van der Waals surface area (Å²) in [5, 5.41) is 11.0. The highest BCUT2D eigenvalue weighted by Gasteiger charge is 2.17. The van der Waals surface area contributed by atoms with Crippen molar-refractivity contribution in [1.29, 1.82) is 0 Å². The lowest BCUT2D eigenvalue weighted by Crippen LogP contribution is -2.23. The van der Waals surface area contributed by atoms with Gasteiger partial charge in [-0.25, -0.2) is 9.18 Å². The molecule has 2 N–H and O–H groups in total. The zero-order valence-electron chi connectivity index (χ0n) is 13.2. The number of carbonyl (C=O) groups is 1. The van der Waals surface area contributed by atoms with Crippen LogP contribution in [0.25, 0.3) is 11.3 Å². The molecule has 1 heterocycles. The standard InChI is InChI=1S/C19H16FNO3S/c20-16-9-5-4-8-15(16)18-17(25-14-6-2-1-3-7-14)12-13(24-18)10-11-21-19(22)23/h1-9,12,21H,10-11H2,(H,22,23). The molecule has 0 spiro atoms. The van der Waals surface area contributed by atoms with Crippen LogP contribution in [0.5, 0.6) is 0 Å². The van der Waals surface area contributed by atoms with Gasteiger partial charge in [-0.2, -0.15) is 0 Å². The fraction of sp³-hybridized carbons (Fsp3) is 0.105. The quantitative estimate of drug-likeness (QED) is 0.648. The highest BCUT2D eigenvalue weighted by molar-refractivity contribution is 7.99. The second kappa shape index (κ2) is 7.90. The van der Waals surface area contributed by atoms with Crippen LogP contribution in [-0.4, -0.2) is 17.7 Å². The Labute approximate surface area is 148 Å². The molecule has 4 nitrogen and oxygen atoms in total. The summed E-state index contributed by atoms with van der Waals surface area (Å²) in [5.41, 5.74) is 0.387. The van der Waals surface area contributed by atoms with Gasteiger partial charge in [-0.05, 0) is 30.3 Å². The van der Waals surface area contributed by atoms with Gasteiger partial charge in [-0.1, -0.05) is 42.1 Å². The molecule has 0 saturated heterocycles. The molecule has 6 heteroatoms. The van der Waals surface area contributed by atoms with Crippen LogP contribution in [0, 0.1) is 5.82 Å². The Bertz CT molecular complexity index is 864. The van der Waals surface area contributed by atoms with Crippen LogP contribution in [0.4, 0.5) is 9.18 Å². The van der Waals surface area contributed by atoms with E-state index in [9.17, 15) is 9.18 Å². The van der Waals surface area contributed by atoms with Crippen molar-refractivity contribution >= 4 is 17.9 Å². The van der Waals surface area contributed by atoms with Gasteiger partial charge in [0.25, 0.3) is 0 Å². The fourth-order valence-corrected chi connectivity index (χ4v) is 3.34. The van der Waals surface area contributed by atoms with Crippen LogP contribution < -0.4 is 5.32 Å². The maximum Gasteiger partial charge on any atom is 0.404 e. The lowest BCUT2D eigenvalue weighted by atomic mass is 10.1. The third-order valence-corrected chi connectivity index (χ3v) is 4.52. The van der Waals surface area contributed by atoms with Crippen LogP contribution in [0.3, 0.4) is 0 Å². The molecular formula is C19H16FNO3S. The number of carboxylic acid groups (broad SMARTS) is 1. The molecule has 0 radical (unpaired) electrons. The second-order valence-electron chi connectivity index (χ2n) is 5.28. The molecule has 0 aliphatic heterocycles. The van der Waals surface area contributed by atoms with E-state index in [0.29, 0.717) is 23.5 Å². The van der Waals surface area contributed by atoms with Crippen molar-refractivity contribution < 1.29 is 18.7 Å². The Morgan fingerprint density at radius 1 is 1.12 bits per heavy atom. The molecule has 0 fully saturated rings. The first-order valence-electron chi connectivity index (χ1n) is 7.71. The van der Waals surface area contributed by atoms with Crippen molar-refractivity contribution in [2.75, 3.05) is 6.54 Å². The van der Waals surface area contributed by atoms with E-state index in [-0.39, 0.29) is 12.4 Å². The van der Waals surface area contributed by atoms with Gasteiger partial charge in [0.1, 0.15) is 11.6 Å². The summed E-state index contributed by atoms with van der Waals surface area (Å²) in [6.07, 6.45) is -0.692. The van der Waals surface area contributed by atoms with E-state index in [2.05, 4.69) is 5.32 Å². The van der Waals surface area contributed by atoms with E-state index >= 15 is 0 Å². The molecule has 0 atom stereocenters. The second-order valence-corrected chi connectivity index (χ2v) is 6.40. The van der Waals surface area contributed by atoms with Crippen LogP contribution in [0.1, 0.15) is 5.76 Å². The summed E-state index contributed by atoms with van der Waals surface area (Å²) < 4.78 is 20.0. The van der Waals surface area contributed by atoms with Gasteiger partial charge in [0.05, 0.1) is 10.5 Å². The van der Waals surface area contributed by atoms with E-state index in [1.54, 1.807) is 18.2 Å². The van der Waals surface area contributed by atoms with Crippen LogP contribution in [0.15, 0.2) is 74.9 Å². The highest BCUT2D eigenvalue weighted by atomic mass is 32.2. The van der Waals surface area contributed by atoms with Gasteiger partial charge in [0.15, 0.2) is 5.76 Å². The zero-order chi connectivity index (χ0) is 17.6. The number of hydrogen-bond acceptors (Lipinski definition) is 3. The van der Waals surface area contributed by atoms with Crippen molar-refractivity contribution in [1.82, 2.24) is 5.32 Å². The van der Waals surface area contributed by atoms with Crippen molar-refractivity contribution in [2.24, 2.45) is 0 Å². The summed E-state index contributed by atoms with van der Waals surface area (Å²) in [7, 11) is 0. The molecule has 0 aliphatic carbocycles. The van der Waals surface area contributed by atoms with Gasteiger partial charge in [0, 0.05) is 17.9 Å². The maximum absolute atomic E-state index is 14.2. The first-order valence-corrected chi connectivity index (χ1v) is 8.52. The third kappa shape index (κ3) is 4.42. The molecule has 0 unspecified atom stereocenters. The average Bonchev–Trinajstić information content (AvgIpc) is 2.98. The number of hydrogen-bond donors (Lipinski definition) is 2. The maximum atomic E-state index is 14.2. The SMILES string of the molecule is O=C(O)NCCc1cc(Sc2ccccc2)c(-c2ccccc2F)o1. The van der Waals surface area contributed by atoms with Crippen molar-refractivity contribution in [2.45, 2.75) is 16.2 Å². The average molecular weight is 357 g/mol. The number of amides is 1. The Balaban J connectivity index is 1.92. The van der Waals surface area contributed by atoms with Gasteiger partial charge >= 0.3 is 6.09 Å². The molecule has 128 valence electrons. The Morgan fingerprint density at radius 3 is 2.56 bits per heavy atom. The van der Waals surface area contributed by atoms with E-state index in [4.69, 9.17) is 9.52 Å². The smallest absolute Gasteiger partial charge is 0.404 e. The van der Waals surface area contributed by atoms with Crippen LogP contribution >= 0.6 is 11.8 Å². The van der Waals surface area contributed by atoms with Gasteiger partial charge in [-0.15, -0.1) is 0 Å². The number of halogens is 1. The van der Waals surface area contributed by atoms with Crippen molar-refractivity contribution in [3.05, 3.63) is 72.2 Å². The van der Waals surface area contributed by atoms with Gasteiger partial charge < -0.3 is 14.8 Å². The number of rotatable bonds is 6. The summed E-state index contributed by atoms with van der Waals surface area (Å²) in [6, 6.07) is 18.0. The Hall–Kier alpha value is -2.73. The first kappa shape index (κ1) is 17.1. The fourth-order valence-electron chi connectivity index (χ4n) is 2.36. The normalized spacial score (nSPS) is 10.6. The monoisotopic (exact) mass is 357 g/mol. The molecule has 0 saturated carbocycles. The molecule has 2 aromatic carbocycles. The van der Waals surface area contributed by atoms with E-state index in [1.165, 1.54) is 17.8 Å². The summed E-state index contributed by atoms with van der Waals surface area (Å²) in [6.45, 7) is 0.231. The van der Waals surface area contributed by atoms with E-state index < -0.39 is 6.09 Å². The Morgan fingerprint density at radius 2 is 1.84 bits per heavy atom. The van der Waals surface area contributed by atoms with Gasteiger partial charge in [0.2, 0.25) is 0 Å². The lowest BCUT2D eigenvalue weighted by molar-refractivity contribution is 0.194. The van der Waals surface area contributed by atoms with Gasteiger partial charge in [-0.3, -0.25) is 0 Å². The molecule has 0 bridgehead atoms. The molecular weight excluding hydrogens is 341 g/mol. The van der Waals surface area contributed by atoms with Crippen LogP contribution in [0.2, 0.25) is 0 Å². The summed E-state index contributed by atoms with van der Waals surface area (Å²) in [4.78, 5) is 12.4. The lowest BCUT2D eigenvalue weighted by Gasteiger charge is -2.04. The molecule has 25 heavy (non-hydrogen) atoms. The highest BCUT2D eigenvalue weighted by Crippen LogP contribution is 2.39. The third-order valence-electron chi connectivity index (χ3n) is 3.49. The summed E-state index contributed by atoms with van der Waals surface area (Å²) >= 11 is 1.48. The minimum absolute atomic E-state index is 0.231.